The standard InChI is InChI=1S/C19H23FN6O/c1-3-25(4-2)11-12-26-14-16(13-22-26)23-19-21-10-9-18(24-19)27-17-7-5-15(20)6-8-17/h5-10,13-14H,3-4,11-12H2,1-2H3,(H,21,23,24). The van der Waals surface area contributed by atoms with Gasteiger partial charge >= 0.3 is 0 Å². The number of likely N-dealkylation sites (N-methyl/N-ethyl adjacent to an activating group) is 1. The van der Waals surface area contributed by atoms with Crippen molar-refractivity contribution in [3.8, 4) is 11.6 Å². The maximum absolute atomic E-state index is 13.0. The number of halogens is 1. The van der Waals surface area contributed by atoms with Gasteiger partial charge in [-0.1, -0.05) is 13.8 Å². The Morgan fingerprint density at radius 3 is 2.67 bits per heavy atom. The number of hydrogen-bond donors (Lipinski definition) is 1. The van der Waals surface area contributed by atoms with Crippen molar-refractivity contribution in [3.05, 3.63) is 54.7 Å². The summed E-state index contributed by atoms with van der Waals surface area (Å²) in [6.45, 7) is 8.12. The highest BCUT2D eigenvalue weighted by Gasteiger charge is 2.06. The summed E-state index contributed by atoms with van der Waals surface area (Å²) in [6, 6.07) is 7.40. The van der Waals surface area contributed by atoms with E-state index in [1.165, 1.54) is 12.1 Å². The van der Waals surface area contributed by atoms with E-state index in [1.54, 1.807) is 30.6 Å². The zero-order valence-corrected chi connectivity index (χ0v) is 15.5. The summed E-state index contributed by atoms with van der Waals surface area (Å²) in [4.78, 5) is 10.8. The van der Waals surface area contributed by atoms with Crippen LogP contribution < -0.4 is 10.1 Å². The Kier molecular flexibility index (Phi) is 6.32. The van der Waals surface area contributed by atoms with E-state index in [0.717, 1.165) is 31.9 Å². The van der Waals surface area contributed by atoms with Crippen molar-refractivity contribution in [1.82, 2.24) is 24.6 Å². The van der Waals surface area contributed by atoms with E-state index in [2.05, 4.69) is 39.1 Å². The Morgan fingerprint density at radius 2 is 1.93 bits per heavy atom. The van der Waals surface area contributed by atoms with E-state index in [4.69, 9.17) is 4.74 Å². The summed E-state index contributed by atoms with van der Waals surface area (Å²) in [5, 5.41) is 7.47. The molecule has 0 atom stereocenters. The molecule has 0 aliphatic carbocycles. The van der Waals surface area contributed by atoms with Crippen LogP contribution in [0.4, 0.5) is 16.0 Å². The van der Waals surface area contributed by atoms with Gasteiger partial charge < -0.3 is 15.0 Å². The van der Waals surface area contributed by atoms with Gasteiger partial charge in [-0.25, -0.2) is 9.37 Å². The van der Waals surface area contributed by atoms with Gasteiger partial charge in [0.05, 0.1) is 18.4 Å². The number of rotatable bonds is 9. The molecule has 142 valence electrons. The van der Waals surface area contributed by atoms with Crippen molar-refractivity contribution in [1.29, 1.82) is 0 Å². The molecule has 0 saturated heterocycles. The maximum Gasteiger partial charge on any atom is 0.230 e. The van der Waals surface area contributed by atoms with Gasteiger partial charge in [-0.2, -0.15) is 10.1 Å². The van der Waals surface area contributed by atoms with Crippen LogP contribution in [0.5, 0.6) is 11.6 Å². The number of nitrogens with one attached hydrogen (secondary N) is 1. The highest BCUT2D eigenvalue weighted by molar-refractivity contribution is 5.50. The number of aromatic nitrogens is 4. The molecule has 1 N–H and O–H groups in total. The lowest BCUT2D eigenvalue weighted by atomic mass is 10.3. The molecule has 1 aromatic carbocycles. The summed E-state index contributed by atoms with van der Waals surface area (Å²) >= 11 is 0. The van der Waals surface area contributed by atoms with Crippen molar-refractivity contribution < 1.29 is 9.13 Å². The molecule has 27 heavy (non-hydrogen) atoms. The Bertz CT molecular complexity index is 847. The Balaban J connectivity index is 1.60. The highest BCUT2D eigenvalue weighted by atomic mass is 19.1. The summed E-state index contributed by atoms with van der Waals surface area (Å²) in [7, 11) is 0. The minimum atomic E-state index is -0.314. The molecule has 0 fully saturated rings. The molecule has 3 aromatic rings. The van der Waals surface area contributed by atoms with Crippen molar-refractivity contribution in [2.45, 2.75) is 20.4 Å². The van der Waals surface area contributed by atoms with Crippen LogP contribution in [0.25, 0.3) is 0 Å². The van der Waals surface area contributed by atoms with Crippen molar-refractivity contribution in [2.75, 3.05) is 25.0 Å². The predicted octanol–water partition coefficient (Wildman–Crippen LogP) is 3.69. The van der Waals surface area contributed by atoms with Gasteiger partial charge in [-0.05, 0) is 37.4 Å². The van der Waals surface area contributed by atoms with Gasteiger partial charge in [0.1, 0.15) is 11.6 Å². The van der Waals surface area contributed by atoms with E-state index in [9.17, 15) is 4.39 Å². The largest absolute Gasteiger partial charge is 0.439 e. The van der Waals surface area contributed by atoms with Gasteiger partial charge in [0, 0.05) is 25.0 Å². The fourth-order valence-corrected chi connectivity index (χ4v) is 2.55. The van der Waals surface area contributed by atoms with Crippen LogP contribution in [-0.4, -0.2) is 44.3 Å². The lowest BCUT2D eigenvalue weighted by Crippen LogP contribution is -2.27. The molecule has 3 rings (SSSR count). The normalized spacial score (nSPS) is 11.0. The first-order valence-electron chi connectivity index (χ1n) is 8.94. The Labute approximate surface area is 157 Å². The van der Waals surface area contributed by atoms with Crippen molar-refractivity contribution >= 4 is 11.6 Å². The van der Waals surface area contributed by atoms with Crippen LogP contribution in [-0.2, 0) is 6.54 Å². The number of benzene rings is 1. The van der Waals surface area contributed by atoms with E-state index in [1.807, 2.05) is 10.9 Å². The molecule has 0 amide bonds. The average molecular weight is 370 g/mol. The minimum Gasteiger partial charge on any atom is -0.439 e. The van der Waals surface area contributed by atoms with Gasteiger partial charge in [0.15, 0.2) is 0 Å². The van der Waals surface area contributed by atoms with Crippen LogP contribution in [0.1, 0.15) is 13.8 Å². The van der Waals surface area contributed by atoms with Crippen LogP contribution in [0.2, 0.25) is 0 Å². The lowest BCUT2D eigenvalue weighted by molar-refractivity contribution is 0.285. The molecule has 2 aromatic heterocycles. The van der Waals surface area contributed by atoms with Gasteiger partial charge in [-0.15, -0.1) is 0 Å². The summed E-state index contributed by atoms with van der Waals surface area (Å²) < 4.78 is 20.5. The predicted molar refractivity (Wildman–Crippen MR) is 102 cm³/mol. The molecule has 2 heterocycles. The number of nitrogens with zero attached hydrogens (tertiary/aromatic N) is 5. The van der Waals surface area contributed by atoms with E-state index in [0.29, 0.717) is 17.6 Å². The lowest BCUT2D eigenvalue weighted by Gasteiger charge is -2.17. The molecule has 0 saturated carbocycles. The zero-order valence-electron chi connectivity index (χ0n) is 15.5. The van der Waals surface area contributed by atoms with E-state index < -0.39 is 0 Å². The molecule has 0 bridgehead atoms. The van der Waals surface area contributed by atoms with Crippen molar-refractivity contribution in [2.24, 2.45) is 0 Å². The molecular formula is C19H23FN6O. The average Bonchev–Trinajstić information content (AvgIpc) is 3.12. The second-order valence-corrected chi connectivity index (χ2v) is 5.92. The monoisotopic (exact) mass is 370 g/mol. The second-order valence-electron chi connectivity index (χ2n) is 5.92. The first kappa shape index (κ1) is 18.8. The van der Waals surface area contributed by atoms with Crippen LogP contribution in [0, 0.1) is 5.82 Å². The SMILES string of the molecule is CCN(CC)CCn1cc(Nc2nccc(Oc3ccc(F)cc3)n2)cn1. The number of anilines is 2. The molecule has 8 heteroatoms. The van der Waals surface area contributed by atoms with Gasteiger partial charge in [0.25, 0.3) is 0 Å². The molecule has 0 spiro atoms. The zero-order chi connectivity index (χ0) is 19.1. The Morgan fingerprint density at radius 1 is 1.15 bits per heavy atom. The third kappa shape index (κ3) is 5.49. The topological polar surface area (TPSA) is 68.1 Å². The fraction of sp³-hybridized carbons (Fsp3) is 0.316. The molecule has 0 unspecified atom stereocenters. The minimum absolute atomic E-state index is 0.314. The summed E-state index contributed by atoms with van der Waals surface area (Å²) in [5.41, 5.74) is 0.800. The Hall–Kier alpha value is -3.00. The third-order valence-electron chi connectivity index (χ3n) is 4.10. The summed E-state index contributed by atoms with van der Waals surface area (Å²) in [6.07, 6.45) is 5.25. The fourth-order valence-electron chi connectivity index (χ4n) is 2.55. The van der Waals surface area contributed by atoms with Gasteiger partial charge in [0.2, 0.25) is 11.8 Å². The van der Waals surface area contributed by atoms with Crippen molar-refractivity contribution in [3.63, 3.8) is 0 Å². The first-order valence-corrected chi connectivity index (χ1v) is 8.94. The van der Waals surface area contributed by atoms with E-state index >= 15 is 0 Å². The highest BCUT2D eigenvalue weighted by Crippen LogP contribution is 2.21. The van der Waals surface area contributed by atoms with E-state index in [-0.39, 0.29) is 5.82 Å². The smallest absolute Gasteiger partial charge is 0.230 e. The molecule has 0 radical (unpaired) electrons. The molecular weight excluding hydrogens is 347 g/mol. The number of ether oxygens (including phenoxy) is 1. The maximum atomic E-state index is 13.0. The van der Waals surface area contributed by atoms with Crippen LogP contribution in [0.15, 0.2) is 48.9 Å². The summed E-state index contributed by atoms with van der Waals surface area (Å²) in [5.74, 6) is 0.960. The first-order chi connectivity index (χ1) is 13.2. The molecule has 7 nitrogen and oxygen atoms in total. The number of hydrogen-bond acceptors (Lipinski definition) is 6. The molecule has 0 aliphatic rings. The van der Waals surface area contributed by atoms with Crippen LogP contribution in [0.3, 0.4) is 0 Å². The molecule has 0 aliphatic heterocycles. The van der Waals surface area contributed by atoms with Gasteiger partial charge in [-0.3, -0.25) is 4.68 Å². The quantitative estimate of drug-likeness (QED) is 0.620. The van der Waals surface area contributed by atoms with Crippen LogP contribution >= 0.6 is 0 Å². The third-order valence-corrected chi connectivity index (χ3v) is 4.10. The second kappa shape index (κ2) is 9.09.